The molecule has 0 bridgehead atoms. The van der Waals surface area contributed by atoms with Crippen molar-refractivity contribution in [3.63, 3.8) is 0 Å². The van der Waals surface area contributed by atoms with Gasteiger partial charge in [0.1, 0.15) is 5.75 Å². The normalized spacial score (nSPS) is 12.1. The van der Waals surface area contributed by atoms with Gasteiger partial charge in [-0.25, -0.2) is 9.78 Å². The molecule has 0 radical (unpaired) electrons. The second kappa shape index (κ2) is 13.2. The molecule has 0 aliphatic carbocycles. The van der Waals surface area contributed by atoms with E-state index in [4.69, 9.17) is 14.5 Å². The van der Waals surface area contributed by atoms with Gasteiger partial charge in [-0.15, -0.1) is 0 Å². The van der Waals surface area contributed by atoms with Gasteiger partial charge in [-0.1, -0.05) is 26.0 Å². The van der Waals surface area contributed by atoms with Crippen LogP contribution >= 0.6 is 15.9 Å². The average Bonchev–Trinajstić information content (AvgIpc) is 2.97. The molecule has 0 spiro atoms. The van der Waals surface area contributed by atoms with Crippen molar-refractivity contribution in [2.45, 2.75) is 46.6 Å². The van der Waals surface area contributed by atoms with Crippen LogP contribution in [0.5, 0.6) is 11.5 Å². The summed E-state index contributed by atoms with van der Waals surface area (Å²) in [4.78, 5) is 41.7. The summed E-state index contributed by atoms with van der Waals surface area (Å²) in [6, 6.07) is 13.6. The Morgan fingerprint density at radius 2 is 1.91 bits per heavy atom. The van der Waals surface area contributed by atoms with E-state index in [2.05, 4.69) is 39.6 Å². The molecule has 43 heavy (non-hydrogen) atoms. The lowest BCUT2D eigenvalue weighted by molar-refractivity contribution is -0.386. The zero-order valence-corrected chi connectivity index (χ0v) is 26.2. The third kappa shape index (κ3) is 6.59. The molecular weight excluding hydrogens is 620 g/mol. The number of hydrogen-bond acceptors (Lipinski definition) is 9. The van der Waals surface area contributed by atoms with E-state index in [-0.39, 0.29) is 16.1 Å². The maximum Gasteiger partial charge on any atom is 0.346 e. The molecule has 0 N–H and O–H groups in total. The molecule has 11 nitrogen and oxygen atoms in total. The van der Waals surface area contributed by atoms with Crippen molar-refractivity contribution in [1.82, 2.24) is 9.66 Å². The monoisotopic (exact) mass is 650 g/mol. The number of carbonyl (C=O) groups excluding carboxylic acids is 1. The van der Waals surface area contributed by atoms with E-state index >= 15 is 0 Å². The molecule has 4 aromatic rings. The number of esters is 1. The number of rotatable bonds is 10. The summed E-state index contributed by atoms with van der Waals surface area (Å²) in [5, 5.41) is 16.8. The lowest BCUT2D eigenvalue weighted by Crippen LogP contribution is -2.25. The summed E-state index contributed by atoms with van der Waals surface area (Å²) < 4.78 is 17.5. The first-order chi connectivity index (χ1) is 20.5. The van der Waals surface area contributed by atoms with Gasteiger partial charge in [-0.2, -0.15) is 9.78 Å². The first kappa shape index (κ1) is 31.4. The van der Waals surface area contributed by atoms with E-state index in [1.807, 2.05) is 26.0 Å². The van der Waals surface area contributed by atoms with Gasteiger partial charge < -0.3 is 14.2 Å². The number of ether oxygens (including phenoxy) is 3. The van der Waals surface area contributed by atoms with Crippen LogP contribution in [-0.4, -0.2) is 46.6 Å². The van der Waals surface area contributed by atoms with Crippen molar-refractivity contribution >= 4 is 44.7 Å². The van der Waals surface area contributed by atoms with Gasteiger partial charge in [0.25, 0.3) is 5.56 Å². The number of para-hydroxylation sites is 1. The number of carbonyl (C=O) groups is 1. The van der Waals surface area contributed by atoms with Crippen LogP contribution in [0.2, 0.25) is 0 Å². The van der Waals surface area contributed by atoms with E-state index in [0.29, 0.717) is 34.5 Å². The standard InChI is InChI=1S/C31H31BrN4O7/c1-7-42-27-12-18(4)23(15-22(27)17(2)3)29-34-25-11-9-8-10-21(25)30(37)35(29)33-16-20-13-24(32)28(26(14-20)36(39)40)43-19(5)31(38)41-6/h8-17,19H,7H2,1-6H3/t19-/m0/s1. The van der Waals surface area contributed by atoms with Crippen LogP contribution in [0.4, 0.5) is 5.69 Å². The Morgan fingerprint density at radius 1 is 1.19 bits per heavy atom. The highest BCUT2D eigenvalue weighted by Crippen LogP contribution is 2.37. The number of hydrogen-bond donors (Lipinski definition) is 0. The van der Waals surface area contributed by atoms with Crippen molar-refractivity contribution < 1.29 is 23.9 Å². The molecule has 1 atom stereocenters. The molecule has 0 saturated heterocycles. The number of halogens is 1. The third-order valence-electron chi connectivity index (χ3n) is 6.67. The Hall–Kier alpha value is -4.58. The number of nitro benzene ring substituents is 1. The summed E-state index contributed by atoms with van der Waals surface area (Å²) in [5.74, 6) is 0.371. The highest BCUT2D eigenvalue weighted by atomic mass is 79.9. The Labute approximate surface area is 256 Å². The number of nitrogens with zero attached hydrogens (tertiary/aromatic N) is 4. The number of methoxy groups -OCH3 is 1. The summed E-state index contributed by atoms with van der Waals surface area (Å²) in [6.45, 7) is 9.87. The Morgan fingerprint density at radius 3 is 2.56 bits per heavy atom. The molecule has 224 valence electrons. The van der Waals surface area contributed by atoms with Crippen LogP contribution < -0.4 is 15.0 Å². The first-order valence-electron chi connectivity index (χ1n) is 13.5. The molecule has 12 heteroatoms. The van der Waals surface area contributed by atoms with E-state index in [0.717, 1.165) is 16.9 Å². The minimum absolute atomic E-state index is 0.130. The van der Waals surface area contributed by atoms with Crippen LogP contribution in [0.1, 0.15) is 50.3 Å². The number of aromatic nitrogens is 2. The smallest absolute Gasteiger partial charge is 0.346 e. The molecule has 0 fully saturated rings. The number of fused-ring (bicyclic) bond motifs is 1. The van der Waals surface area contributed by atoms with Gasteiger partial charge >= 0.3 is 11.7 Å². The second-order valence-corrected chi connectivity index (χ2v) is 10.9. The van der Waals surface area contributed by atoms with Gasteiger partial charge in [0, 0.05) is 17.2 Å². The summed E-state index contributed by atoms with van der Waals surface area (Å²) in [5.41, 5.74) is 2.48. The van der Waals surface area contributed by atoms with Crippen molar-refractivity contribution in [1.29, 1.82) is 0 Å². The molecule has 0 unspecified atom stereocenters. The van der Waals surface area contributed by atoms with Gasteiger partial charge in [0.05, 0.1) is 40.2 Å². The lowest BCUT2D eigenvalue weighted by atomic mass is 9.96. The predicted octanol–water partition coefficient (Wildman–Crippen LogP) is 6.39. The molecule has 4 rings (SSSR count). The van der Waals surface area contributed by atoms with E-state index < -0.39 is 28.2 Å². The predicted molar refractivity (Wildman–Crippen MR) is 167 cm³/mol. The lowest BCUT2D eigenvalue weighted by Gasteiger charge is -2.18. The van der Waals surface area contributed by atoms with Gasteiger partial charge in [0.2, 0.25) is 5.75 Å². The van der Waals surface area contributed by atoms with Gasteiger partial charge in [-0.3, -0.25) is 14.9 Å². The number of aryl methyl sites for hydroxylation is 1. The van der Waals surface area contributed by atoms with Crippen LogP contribution in [0.25, 0.3) is 22.3 Å². The van der Waals surface area contributed by atoms with Gasteiger partial charge in [-0.05, 0) is 84.1 Å². The fraction of sp³-hybridized carbons (Fsp3) is 0.290. The molecule has 3 aromatic carbocycles. The number of nitro groups is 1. The molecule has 0 aliphatic rings. The SMILES string of the molecule is CCOc1cc(C)c(-c2nc3ccccc3c(=O)n2N=Cc2cc(Br)c(O[C@@H](C)C(=O)OC)c([N+](=O)[O-])c2)cc1C(C)C. The molecule has 1 heterocycles. The minimum Gasteiger partial charge on any atom is -0.494 e. The van der Waals surface area contributed by atoms with Crippen molar-refractivity contribution in [2.24, 2.45) is 5.10 Å². The number of benzene rings is 3. The van der Waals surface area contributed by atoms with Crippen LogP contribution in [0, 0.1) is 17.0 Å². The summed E-state index contributed by atoms with van der Waals surface area (Å²) in [6.07, 6.45) is 0.247. The molecule has 0 amide bonds. The quantitative estimate of drug-likeness (QED) is 0.0834. The highest BCUT2D eigenvalue weighted by molar-refractivity contribution is 9.10. The second-order valence-electron chi connectivity index (χ2n) is 10.00. The molecular formula is C31H31BrN4O7. The van der Waals surface area contributed by atoms with Crippen molar-refractivity contribution in [3.05, 3.63) is 90.2 Å². The summed E-state index contributed by atoms with van der Waals surface area (Å²) in [7, 11) is 1.20. The maximum atomic E-state index is 13.8. The third-order valence-corrected chi connectivity index (χ3v) is 7.26. The Bertz CT molecular complexity index is 1800. The van der Waals surface area contributed by atoms with Gasteiger partial charge in [0.15, 0.2) is 11.9 Å². The van der Waals surface area contributed by atoms with Crippen molar-refractivity contribution in [3.8, 4) is 22.9 Å². The zero-order valence-electron chi connectivity index (χ0n) is 24.6. The van der Waals surface area contributed by atoms with Crippen LogP contribution in [0.15, 0.2) is 62.9 Å². The largest absolute Gasteiger partial charge is 0.494 e. The van der Waals surface area contributed by atoms with Crippen LogP contribution in [-0.2, 0) is 9.53 Å². The Balaban J connectivity index is 1.90. The van der Waals surface area contributed by atoms with E-state index in [1.54, 1.807) is 24.3 Å². The summed E-state index contributed by atoms with van der Waals surface area (Å²) >= 11 is 3.30. The maximum absolute atomic E-state index is 13.8. The molecule has 1 aromatic heterocycles. The van der Waals surface area contributed by atoms with E-state index in [9.17, 15) is 19.7 Å². The first-order valence-corrected chi connectivity index (χ1v) is 14.3. The fourth-order valence-electron chi connectivity index (χ4n) is 4.52. The fourth-order valence-corrected chi connectivity index (χ4v) is 5.08. The zero-order chi connectivity index (χ0) is 31.4. The molecule has 0 saturated carbocycles. The topological polar surface area (TPSA) is 135 Å². The minimum atomic E-state index is -1.09. The Kier molecular flexibility index (Phi) is 9.59. The highest BCUT2D eigenvalue weighted by Gasteiger charge is 2.25. The van der Waals surface area contributed by atoms with Crippen molar-refractivity contribution in [2.75, 3.05) is 13.7 Å². The molecule has 0 aliphatic heterocycles. The van der Waals surface area contributed by atoms with Crippen LogP contribution in [0.3, 0.4) is 0 Å². The van der Waals surface area contributed by atoms with E-state index in [1.165, 1.54) is 37.1 Å². The average molecular weight is 652 g/mol.